The maximum Gasteiger partial charge on any atom is 0.122 e. The molecule has 0 atom stereocenters. The highest BCUT2D eigenvalue weighted by Gasteiger charge is 2.05. The lowest BCUT2D eigenvalue weighted by Gasteiger charge is -2.08. The number of methoxy groups -OCH3 is 1. The molecule has 76 valence electrons. The zero-order valence-corrected chi connectivity index (χ0v) is 8.08. The molecule has 0 spiro atoms. The predicted molar refractivity (Wildman–Crippen MR) is 54.8 cm³/mol. The maximum atomic E-state index is 8.80. The van der Waals surface area contributed by atoms with Gasteiger partial charge >= 0.3 is 0 Å². The van der Waals surface area contributed by atoms with Crippen molar-refractivity contribution in [1.29, 1.82) is 5.41 Å². The second kappa shape index (κ2) is 4.62. The summed E-state index contributed by atoms with van der Waals surface area (Å²) in [7, 11) is 1.56. The van der Waals surface area contributed by atoms with Gasteiger partial charge in [-0.1, -0.05) is 12.1 Å². The Morgan fingerprint density at radius 3 is 2.79 bits per heavy atom. The first-order valence-electron chi connectivity index (χ1n) is 4.31. The molecule has 0 aliphatic carbocycles. The van der Waals surface area contributed by atoms with Gasteiger partial charge in [-0.05, 0) is 18.1 Å². The molecule has 0 saturated heterocycles. The van der Waals surface area contributed by atoms with Gasteiger partial charge < -0.3 is 15.6 Å². The summed E-state index contributed by atoms with van der Waals surface area (Å²) in [5.74, 6) is 0.672. The second-order valence-corrected chi connectivity index (χ2v) is 2.91. The molecule has 0 amide bonds. The molecule has 0 aromatic heterocycles. The quantitative estimate of drug-likeness (QED) is 0.482. The molecule has 4 N–H and O–H groups in total. The van der Waals surface area contributed by atoms with E-state index in [4.69, 9.17) is 21.0 Å². The Balaban J connectivity index is 3.04. The van der Waals surface area contributed by atoms with Gasteiger partial charge in [-0.15, -0.1) is 0 Å². The van der Waals surface area contributed by atoms with Gasteiger partial charge in [-0.25, -0.2) is 0 Å². The van der Waals surface area contributed by atoms with Crippen LogP contribution in [0.25, 0.3) is 0 Å². The van der Waals surface area contributed by atoms with Crippen LogP contribution in [0.5, 0.6) is 5.75 Å². The number of ether oxygens (including phenoxy) is 1. The number of aliphatic hydroxyl groups is 1. The van der Waals surface area contributed by atoms with E-state index < -0.39 is 0 Å². The van der Waals surface area contributed by atoms with Crippen LogP contribution in [0, 0.1) is 5.41 Å². The van der Waals surface area contributed by atoms with E-state index in [-0.39, 0.29) is 12.4 Å². The van der Waals surface area contributed by atoms with E-state index in [2.05, 4.69) is 0 Å². The third kappa shape index (κ3) is 2.23. The van der Waals surface area contributed by atoms with E-state index in [1.807, 2.05) is 6.07 Å². The predicted octanol–water partition coefficient (Wildman–Crippen LogP) is 0.514. The highest BCUT2D eigenvalue weighted by molar-refractivity contribution is 5.95. The summed E-state index contributed by atoms with van der Waals surface area (Å²) in [5, 5.41) is 16.0. The fraction of sp³-hybridized carbons (Fsp3) is 0.300. The first-order chi connectivity index (χ1) is 6.69. The fourth-order valence-corrected chi connectivity index (χ4v) is 1.24. The summed E-state index contributed by atoms with van der Waals surface area (Å²) in [4.78, 5) is 0. The molecule has 0 radical (unpaired) electrons. The first-order valence-corrected chi connectivity index (χ1v) is 4.31. The number of hydrogen-bond acceptors (Lipinski definition) is 3. The smallest absolute Gasteiger partial charge is 0.122 e. The molecule has 0 heterocycles. The van der Waals surface area contributed by atoms with Crippen LogP contribution in [-0.4, -0.2) is 24.7 Å². The van der Waals surface area contributed by atoms with Crippen LogP contribution in [-0.2, 0) is 6.42 Å². The Morgan fingerprint density at radius 2 is 2.29 bits per heavy atom. The van der Waals surface area contributed by atoms with E-state index >= 15 is 0 Å². The van der Waals surface area contributed by atoms with Crippen LogP contribution >= 0.6 is 0 Å². The zero-order chi connectivity index (χ0) is 10.6. The molecule has 4 heteroatoms. The second-order valence-electron chi connectivity index (χ2n) is 2.91. The summed E-state index contributed by atoms with van der Waals surface area (Å²) in [6.07, 6.45) is 0.543. The lowest BCUT2D eigenvalue weighted by molar-refractivity contribution is 0.296. The number of nitrogens with one attached hydrogen (secondary N) is 1. The van der Waals surface area contributed by atoms with E-state index in [0.717, 1.165) is 5.56 Å². The average Bonchev–Trinajstić information content (AvgIpc) is 2.18. The zero-order valence-electron chi connectivity index (χ0n) is 8.08. The third-order valence-electron chi connectivity index (χ3n) is 1.98. The van der Waals surface area contributed by atoms with E-state index in [1.54, 1.807) is 19.2 Å². The molecule has 1 aromatic carbocycles. The molecule has 4 nitrogen and oxygen atoms in total. The Kier molecular flexibility index (Phi) is 3.48. The number of amidine groups is 1. The van der Waals surface area contributed by atoms with E-state index in [9.17, 15) is 0 Å². The summed E-state index contributed by atoms with van der Waals surface area (Å²) in [6, 6.07) is 5.26. The van der Waals surface area contributed by atoms with Crippen LogP contribution in [0.3, 0.4) is 0 Å². The van der Waals surface area contributed by atoms with Crippen molar-refractivity contribution in [3.63, 3.8) is 0 Å². The Bertz CT molecular complexity index is 337. The Labute approximate surface area is 82.8 Å². The minimum Gasteiger partial charge on any atom is -0.496 e. The van der Waals surface area contributed by atoms with Gasteiger partial charge in [0.25, 0.3) is 0 Å². The Hall–Kier alpha value is -1.55. The summed E-state index contributed by atoms with van der Waals surface area (Å²) in [5.41, 5.74) is 6.88. The standard InChI is InChI=1S/C10H14N2O2/c1-14-9-6-8(10(11)12)3-2-7(9)4-5-13/h2-3,6,13H,4-5H2,1H3,(H3,11,12). The molecular formula is C10H14N2O2. The van der Waals surface area contributed by atoms with Gasteiger partial charge in [0.2, 0.25) is 0 Å². The van der Waals surface area contributed by atoms with Crippen molar-refractivity contribution < 1.29 is 9.84 Å². The van der Waals surface area contributed by atoms with Gasteiger partial charge in [-0.3, -0.25) is 5.41 Å². The van der Waals surface area contributed by atoms with Crippen LogP contribution in [0.2, 0.25) is 0 Å². The summed E-state index contributed by atoms with van der Waals surface area (Å²) >= 11 is 0. The van der Waals surface area contributed by atoms with Crippen LogP contribution in [0.15, 0.2) is 18.2 Å². The molecule has 0 aliphatic heterocycles. The number of benzene rings is 1. The van der Waals surface area contributed by atoms with Crippen LogP contribution < -0.4 is 10.5 Å². The van der Waals surface area contributed by atoms with Crippen molar-refractivity contribution in [2.75, 3.05) is 13.7 Å². The molecule has 1 aromatic rings. The lowest BCUT2D eigenvalue weighted by atomic mass is 10.1. The first kappa shape index (κ1) is 10.5. The van der Waals surface area contributed by atoms with Crippen molar-refractivity contribution in [2.24, 2.45) is 5.73 Å². The average molecular weight is 194 g/mol. The van der Waals surface area contributed by atoms with E-state index in [1.165, 1.54) is 0 Å². The Morgan fingerprint density at radius 1 is 1.57 bits per heavy atom. The number of aliphatic hydroxyl groups excluding tert-OH is 1. The largest absolute Gasteiger partial charge is 0.496 e. The monoisotopic (exact) mass is 194 g/mol. The minimum atomic E-state index is 0.0128. The highest BCUT2D eigenvalue weighted by Crippen LogP contribution is 2.20. The number of rotatable bonds is 4. The van der Waals surface area contributed by atoms with Gasteiger partial charge in [-0.2, -0.15) is 0 Å². The maximum absolute atomic E-state index is 8.80. The SMILES string of the molecule is COc1cc(C(=N)N)ccc1CCO. The molecule has 14 heavy (non-hydrogen) atoms. The van der Waals surface area contributed by atoms with Gasteiger partial charge in [0.1, 0.15) is 11.6 Å². The van der Waals surface area contributed by atoms with Crippen molar-refractivity contribution in [1.82, 2.24) is 0 Å². The topological polar surface area (TPSA) is 79.3 Å². The highest BCUT2D eigenvalue weighted by atomic mass is 16.5. The third-order valence-corrected chi connectivity index (χ3v) is 1.98. The van der Waals surface area contributed by atoms with Crippen LogP contribution in [0.1, 0.15) is 11.1 Å². The number of nitrogens with two attached hydrogens (primary N) is 1. The minimum absolute atomic E-state index is 0.0128. The van der Waals surface area contributed by atoms with Crippen molar-refractivity contribution in [2.45, 2.75) is 6.42 Å². The fourth-order valence-electron chi connectivity index (χ4n) is 1.24. The van der Waals surface area contributed by atoms with Gasteiger partial charge in [0, 0.05) is 12.2 Å². The molecule has 0 saturated carbocycles. The molecular weight excluding hydrogens is 180 g/mol. The summed E-state index contributed by atoms with van der Waals surface area (Å²) in [6.45, 7) is 0.0791. The van der Waals surface area contributed by atoms with E-state index in [0.29, 0.717) is 17.7 Å². The summed E-state index contributed by atoms with van der Waals surface area (Å²) < 4.78 is 5.13. The van der Waals surface area contributed by atoms with Crippen molar-refractivity contribution in [3.05, 3.63) is 29.3 Å². The molecule has 0 fully saturated rings. The van der Waals surface area contributed by atoms with Gasteiger partial charge in [0.05, 0.1) is 7.11 Å². The molecule has 0 bridgehead atoms. The molecule has 0 aliphatic rings. The molecule has 1 rings (SSSR count). The number of hydrogen-bond donors (Lipinski definition) is 3. The van der Waals surface area contributed by atoms with Crippen molar-refractivity contribution >= 4 is 5.84 Å². The lowest BCUT2D eigenvalue weighted by Crippen LogP contribution is -2.11. The number of nitrogen functional groups attached to an aromatic ring is 1. The normalized spacial score (nSPS) is 9.86. The van der Waals surface area contributed by atoms with Crippen molar-refractivity contribution in [3.8, 4) is 5.75 Å². The van der Waals surface area contributed by atoms with Crippen LogP contribution in [0.4, 0.5) is 0 Å². The van der Waals surface area contributed by atoms with Gasteiger partial charge in [0.15, 0.2) is 0 Å². The molecule has 0 unspecified atom stereocenters.